The molecule has 4 rings (SSSR count). The summed E-state index contributed by atoms with van der Waals surface area (Å²) in [7, 11) is 0. The van der Waals surface area contributed by atoms with Crippen LogP contribution >= 0.6 is 0 Å². The smallest absolute Gasteiger partial charge is 0.0690 e. The van der Waals surface area contributed by atoms with Crippen LogP contribution in [0.15, 0.2) is 0 Å². The van der Waals surface area contributed by atoms with Gasteiger partial charge in [-0.1, -0.05) is 0 Å². The van der Waals surface area contributed by atoms with Crippen LogP contribution in [0.3, 0.4) is 0 Å². The van der Waals surface area contributed by atoms with Crippen LogP contribution in [0.1, 0.15) is 32.1 Å². The van der Waals surface area contributed by atoms with Crippen molar-refractivity contribution in [1.29, 1.82) is 0 Å². The molecular formula is C9H14O. The van der Waals surface area contributed by atoms with Gasteiger partial charge in [0.1, 0.15) is 0 Å². The lowest BCUT2D eigenvalue weighted by Gasteiger charge is -2.57. The standard InChI is InChI=1S/C9H14O/c1-2-10-9-4-7(1)3-8(5-9)6-9/h7-8H,1-6H2. The van der Waals surface area contributed by atoms with E-state index in [-0.39, 0.29) is 0 Å². The normalized spacial score (nSPS) is 57.6. The quantitative estimate of drug-likeness (QED) is 0.497. The molecule has 10 heavy (non-hydrogen) atoms. The first-order valence-electron chi connectivity index (χ1n) is 4.50. The minimum absolute atomic E-state index is 0.422. The zero-order valence-corrected chi connectivity index (χ0v) is 6.31. The SMILES string of the molecule is C1CC2CC3CC(C2)(C3)O1. The van der Waals surface area contributed by atoms with Gasteiger partial charge in [0.2, 0.25) is 0 Å². The maximum atomic E-state index is 5.80. The summed E-state index contributed by atoms with van der Waals surface area (Å²) >= 11 is 0. The van der Waals surface area contributed by atoms with Gasteiger partial charge in [-0.25, -0.2) is 0 Å². The van der Waals surface area contributed by atoms with Crippen molar-refractivity contribution in [2.45, 2.75) is 37.7 Å². The molecule has 1 heteroatoms. The van der Waals surface area contributed by atoms with E-state index in [0.29, 0.717) is 5.60 Å². The highest BCUT2D eigenvalue weighted by atomic mass is 16.5. The molecule has 1 atom stereocenters. The molecule has 0 aromatic rings. The largest absolute Gasteiger partial charge is 0.375 e. The highest BCUT2D eigenvalue weighted by Gasteiger charge is 2.53. The van der Waals surface area contributed by atoms with Crippen LogP contribution in [0.25, 0.3) is 0 Å². The van der Waals surface area contributed by atoms with E-state index in [4.69, 9.17) is 4.74 Å². The van der Waals surface area contributed by atoms with Crippen molar-refractivity contribution in [3.63, 3.8) is 0 Å². The Balaban J connectivity index is 1.88. The molecule has 1 unspecified atom stereocenters. The maximum Gasteiger partial charge on any atom is 0.0690 e. The molecule has 3 saturated carbocycles. The lowest BCUT2D eigenvalue weighted by atomic mass is 9.56. The van der Waals surface area contributed by atoms with Gasteiger partial charge in [0.15, 0.2) is 0 Å². The monoisotopic (exact) mass is 138 g/mol. The van der Waals surface area contributed by atoms with Crippen LogP contribution in [0.5, 0.6) is 0 Å². The molecule has 0 amide bonds. The van der Waals surface area contributed by atoms with Gasteiger partial charge in [-0.05, 0) is 43.9 Å². The highest BCUT2D eigenvalue weighted by molar-refractivity contribution is 5.04. The van der Waals surface area contributed by atoms with Gasteiger partial charge in [0.25, 0.3) is 0 Å². The summed E-state index contributed by atoms with van der Waals surface area (Å²) in [5.41, 5.74) is 0.422. The molecule has 56 valence electrons. The lowest BCUT2D eigenvalue weighted by Crippen LogP contribution is -2.55. The van der Waals surface area contributed by atoms with Crippen molar-refractivity contribution >= 4 is 0 Å². The average Bonchev–Trinajstić information content (AvgIpc) is 1.84. The Morgan fingerprint density at radius 1 is 1.10 bits per heavy atom. The predicted octanol–water partition coefficient (Wildman–Crippen LogP) is 1.97. The fourth-order valence-electron chi connectivity index (χ4n) is 3.25. The van der Waals surface area contributed by atoms with Gasteiger partial charge in [0, 0.05) is 6.61 Å². The summed E-state index contributed by atoms with van der Waals surface area (Å²) in [6, 6.07) is 0. The van der Waals surface area contributed by atoms with E-state index < -0.39 is 0 Å². The van der Waals surface area contributed by atoms with Gasteiger partial charge in [-0.2, -0.15) is 0 Å². The van der Waals surface area contributed by atoms with Crippen LogP contribution in [-0.4, -0.2) is 12.2 Å². The van der Waals surface area contributed by atoms with Crippen molar-refractivity contribution in [1.82, 2.24) is 0 Å². The van der Waals surface area contributed by atoms with E-state index >= 15 is 0 Å². The molecule has 0 aromatic carbocycles. The summed E-state index contributed by atoms with van der Waals surface area (Å²) in [5.74, 6) is 2.10. The molecule has 3 aliphatic carbocycles. The van der Waals surface area contributed by atoms with Crippen molar-refractivity contribution in [3.05, 3.63) is 0 Å². The second kappa shape index (κ2) is 1.58. The highest BCUT2D eigenvalue weighted by Crippen LogP contribution is 2.56. The summed E-state index contributed by atoms with van der Waals surface area (Å²) in [5, 5.41) is 0. The van der Waals surface area contributed by atoms with E-state index in [1.807, 2.05) is 0 Å². The molecule has 0 N–H and O–H groups in total. The Hall–Kier alpha value is -0.0400. The second-order valence-corrected chi connectivity index (χ2v) is 4.40. The van der Waals surface area contributed by atoms with Gasteiger partial charge < -0.3 is 4.74 Å². The zero-order chi connectivity index (χ0) is 6.60. The maximum absolute atomic E-state index is 5.80. The Morgan fingerprint density at radius 3 is 2.60 bits per heavy atom. The lowest BCUT2D eigenvalue weighted by molar-refractivity contribution is -0.203. The summed E-state index contributed by atoms with van der Waals surface area (Å²) in [4.78, 5) is 0. The van der Waals surface area contributed by atoms with E-state index in [1.165, 1.54) is 32.1 Å². The molecule has 1 saturated heterocycles. The molecule has 1 heterocycles. The van der Waals surface area contributed by atoms with E-state index in [9.17, 15) is 0 Å². The van der Waals surface area contributed by atoms with E-state index in [0.717, 1.165) is 18.4 Å². The van der Waals surface area contributed by atoms with Gasteiger partial charge in [0.05, 0.1) is 5.60 Å². The minimum atomic E-state index is 0.422. The van der Waals surface area contributed by atoms with Crippen molar-refractivity contribution in [2.24, 2.45) is 11.8 Å². The van der Waals surface area contributed by atoms with E-state index in [1.54, 1.807) is 0 Å². The first-order valence-corrected chi connectivity index (χ1v) is 4.50. The summed E-state index contributed by atoms with van der Waals surface area (Å²) in [6.45, 7) is 1.05. The van der Waals surface area contributed by atoms with Crippen LogP contribution < -0.4 is 0 Å². The molecular weight excluding hydrogens is 124 g/mol. The molecule has 4 fully saturated rings. The fraction of sp³-hybridized carbons (Fsp3) is 1.00. The summed E-state index contributed by atoms with van der Waals surface area (Å²) in [6.07, 6.45) is 7.04. The zero-order valence-electron chi connectivity index (χ0n) is 6.31. The molecule has 1 spiro atoms. The molecule has 0 aromatic heterocycles. The Bertz CT molecular complexity index is 150. The van der Waals surface area contributed by atoms with Crippen LogP contribution in [0, 0.1) is 11.8 Å². The van der Waals surface area contributed by atoms with Crippen molar-refractivity contribution in [3.8, 4) is 0 Å². The molecule has 0 radical (unpaired) electrons. The number of rotatable bonds is 0. The van der Waals surface area contributed by atoms with Crippen molar-refractivity contribution in [2.75, 3.05) is 6.61 Å². The number of hydrogen-bond acceptors (Lipinski definition) is 1. The Morgan fingerprint density at radius 2 is 1.90 bits per heavy atom. The third-order valence-corrected chi connectivity index (χ3v) is 3.58. The van der Waals surface area contributed by atoms with Gasteiger partial charge in [-0.15, -0.1) is 0 Å². The topological polar surface area (TPSA) is 9.23 Å². The van der Waals surface area contributed by atoms with Gasteiger partial charge >= 0.3 is 0 Å². The van der Waals surface area contributed by atoms with Gasteiger partial charge in [-0.3, -0.25) is 0 Å². The van der Waals surface area contributed by atoms with Crippen LogP contribution in [0.4, 0.5) is 0 Å². The first-order chi connectivity index (χ1) is 4.86. The molecule has 4 aliphatic rings. The third kappa shape index (κ3) is 0.572. The Kier molecular flexibility index (Phi) is 0.883. The minimum Gasteiger partial charge on any atom is -0.375 e. The summed E-state index contributed by atoms with van der Waals surface area (Å²) < 4.78 is 5.80. The van der Waals surface area contributed by atoms with E-state index in [2.05, 4.69) is 0 Å². The van der Waals surface area contributed by atoms with Crippen LogP contribution in [0.2, 0.25) is 0 Å². The van der Waals surface area contributed by atoms with Crippen LogP contribution in [-0.2, 0) is 4.74 Å². The predicted molar refractivity (Wildman–Crippen MR) is 38.7 cm³/mol. The van der Waals surface area contributed by atoms with Crippen molar-refractivity contribution < 1.29 is 4.74 Å². The second-order valence-electron chi connectivity index (χ2n) is 4.40. The molecule has 1 nitrogen and oxygen atoms in total. The number of ether oxygens (including phenoxy) is 1. The molecule has 1 aliphatic heterocycles. The average molecular weight is 138 g/mol. The first kappa shape index (κ1) is 5.59. The fourth-order valence-corrected chi connectivity index (χ4v) is 3.25. The third-order valence-electron chi connectivity index (χ3n) is 3.58. The molecule has 3 bridgehead atoms. The Labute approximate surface area is 61.8 Å². The number of hydrogen-bond donors (Lipinski definition) is 0.